The van der Waals surface area contributed by atoms with Gasteiger partial charge in [-0.05, 0) is 37.3 Å². The molecule has 2 bridgehead atoms. The van der Waals surface area contributed by atoms with Crippen LogP contribution < -0.4 is 0 Å². The molecule has 2 N–H and O–H groups in total. The van der Waals surface area contributed by atoms with Gasteiger partial charge in [0.25, 0.3) is 0 Å². The van der Waals surface area contributed by atoms with Crippen LogP contribution in [0.15, 0.2) is 23.0 Å². The smallest absolute Gasteiger partial charge is 0.310 e. The molecule has 6 aliphatic rings. The zero-order chi connectivity index (χ0) is 33.4. The van der Waals surface area contributed by atoms with Crippen molar-refractivity contribution in [3.63, 3.8) is 0 Å². The molecule has 0 radical (unpaired) electrons. The number of carbonyl (C=O) groups is 4. The predicted molar refractivity (Wildman–Crippen MR) is 155 cm³/mol. The van der Waals surface area contributed by atoms with Crippen molar-refractivity contribution in [2.75, 3.05) is 6.61 Å². The summed E-state index contributed by atoms with van der Waals surface area (Å²) in [6.45, 7) is 11.3. The van der Waals surface area contributed by atoms with E-state index in [4.69, 9.17) is 28.1 Å². The average Bonchev–Trinajstić information content (AvgIpc) is 3.33. The summed E-state index contributed by atoms with van der Waals surface area (Å²) in [5, 5.41) is 24.7. The zero-order valence-corrected chi connectivity index (χ0v) is 27.3. The third-order valence-corrected chi connectivity index (χ3v) is 13.3. The lowest BCUT2D eigenvalue weighted by molar-refractivity contribution is -0.374. The Balaban J connectivity index is 1.41. The number of ether oxygens (including phenoxy) is 5. The van der Waals surface area contributed by atoms with E-state index in [1.54, 1.807) is 33.3 Å². The number of hydrogen-bond donors (Lipinski definition) is 2. The first-order valence-corrected chi connectivity index (χ1v) is 16.3. The highest BCUT2D eigenvalue weighted by Crippen LogP contribution is 2.83. The molecule has 3 heterocycles. The van der Waals surface area contributed by atoms with Crippen LogP contribution in [0.25, 0.3) is 0 Å². The van der Waals surface area contributed by atoms with Gasteiger partial charge in [0.1, 0.15) is 11.7 Å². The molecule has 2 saturated heterocycles. The number of esters is 3. The van der Waals surface area contributed by atoms with Gasteiger partial charge in [0.2, 0.25) is 6.29 Å². The molecule has 12 nitrogen and oxygen atoms in total. The Hall–Kier alpha value is -2.80. The summed E-state index contributed by atoms with van der Waals surface area (Å²) >= 11 is 0. The van der Waals surface area contributed by atoms with Crippen molar-refractivity contribution >= 4 is 23.7 Å². The minimum Gasteiger partial charge on any atom is -0.472 e. The lowest BCUT2D eigenvalue weighted by atomic mass is 9.33. The standard InChI is InChI=1S/C34H44O12/c1-15(2)28(40)45-29-30(5)20-11-21(37)32(7)26(33(20,14-42-29)22(38)12-23(30)43-16(3)35)25(39)27(44-17(4)36)31(6)19(18-8-9-41-13-18)10-24-34(31,32)46-24/h8-9,13,15,19-24,26-27,29,37-38H,10-12,14H2,1-7H3/t19-,20-,21+,22-,23+,24+,26-,27-,29+,30+,31+,32+,33+,34+/m0/s1. The quantitative estimate of drug-likeness (QED) is 0.273. The average molecular weight is 645 g/mol. The Morgan fingerprint density at radius 1 is 0.957 bits per heavy atom. The van der Waals surface area contributed by atoms with E-state index >= 15 is 4.79 Å². The number of fused-ring (bicyclic) bond motifs is 1. The lowest BCUT2D eigenvalue weighted by Crippen LogP contribution is -2.82. The van der Waals surface area contributed by atoms with Gasteiger partial charge in [-0.25, -0.2) is 0 Å². The summed E-state index contributed by atoms with van der Waals surface area (Å²) in [5.41, 5.74) is -5.13. The molecule has 2 aliphatic heterocycles. The van der Waals surface area contributed by atoms with Crippen LogP contribution in [0.5, 0.6) is 0 Å². The van der Waals surface area contributed by atoms with Crippen molar-refractivity contribution in [1.29, 1.82) is 0 Å². The van der Waals surface area contributed by atoms with Crippen molar-refractivity contribution in [3.05, 3.63) is 24.2 Å². The van der Waals surface area contributed by atoms with Crippen LogP contribution in [-0.4, -0.2) is 82.9 Å². The highest BCUT2D eigenvalue weighted by molar-refractivity contribution is 5.93. The molecular weight excluding hydrogens is 600 g/mol. The van der Waals surface area contributed by atoms with Crippen LogP contribution in [0.2, 0.25) is 0 Å². The van der Waals surface area contributed by atoms with Crippen LogP contribution in [-0.2, 0) is 42.9 Å². The molecule has 0 amide bonds. The van der Waals surface area contributed by atoms with Gasteiger partial charge in [0, 0.05) is 42.9 Å². The zero-order valence-electron chi connectivity index (χ0n) is 27.3. The van der Waals surface area contributed by atoms with Gasteiger partial charge in [-0.1, -0.05) is 27.7 Å². The van der Waals surface area contributed by atoms with Gasteiger partial charge in [0.15, 0.2) is 11.9 Å². The maximum absolute atomic E-state index is 15.3. The predicted octanol–water partition coefficient (Wildman–Crippen LogP) is 2.67. The molecule has 7 rings (SSSR count). The van der Waals surface area contributed by atoms with Crippen molar-refractivity contribution in [2.45, 2.75) is 116 Å². The number of Topliss-reactive ketones (excluding diaryl/α,β-unsaturated/α-hetero) is 1. The number of hydrogen-bond acceptors (Lipinski definition) is 12. The molecule has 12 heteroatoms. The van der Waals surface area contributed by atoms with Gasteiger partial charge < -0.3 is 38.3 Å². The first-order valence-electron chi connectivity index (χ1n) is 16.3. The molecule has 46 heavy (non-hydrogen) atoms. The summed E-state index contributed by atoms with van der Waals surface area (Å²) in [4.78, 5) is 53.3. The van der Waals surface area contributed by atoms with Crippen LogP contribution in [0.4, 0.5) is 0 Å². The molecular formula is C34H44O12. The molecule has 4 aliphatic carbocycles. The van der Waals surface area contributed by atoms with Gasteiger partial charge in [0.05, 0.1) is 54.2 Å². The molecule has 14 atom stereocenters. The van der Waals surface area contributed by atoms with E-state index in [1.807, 2.05) is 19.9 Å². The largest absolute Gasteiger partial charge is 0.472 e. The van der Waals surface area contributed by atoms with Gasteiger partial charge in [-0.3, -0.25) is 19.2 Å². The number of ketones is 1. The number of epoxide rings is 1. The number of rotatable bonds is 5. The topological polar surface area (TPSA) is 171 Å². The third-order valence-electron chi connectivity index (χ3n) is 13.3. The Morgan fingerprint density at radius 2 is 1.65 bits per heavy atom. The van der Waals surface area contributed by atoms with Crippen LogP contribution >= 0.6 is 0 Å². The van der Waals surface area contributed by atoms with E-state index in [-0.39, 0.29) is 31.5 Å². The highest BCUT2D eigenvalue weighted by Gasteiger charge is 2.92. The molecule has 4 saturated carbocycles. The molecule has 6 fully saturated rings. The van der Waals surface area contributed by atoms with Crippen molar-refractivity contribution in [2.24, 2.45) is 39.4 Å². The van der Waals surface area contributed by atoms with Crippen molar-refractivity contribution < 1.29 is 57.5 Å². The summed E-state index contributed by atoms with van der Waals surface area (Å²) in [5.74, 6) is -4.71. The number of furan rings is 1. The molecule has 1 aromatic heterocycles. The van der Waals surface area contributed by atoms with Crippen molar-refractivity contribution in [1.82, 2.24) is 0 Å². The molecule has 0 aromatic carbocycles. The summed E-state index contributed by atoms with van der Waals surface area (Å²) in [6, 6.07) is 1.84. The molecule has 252 valence electrons. The highest BCUT2D eigenvalue weighted by atomic mass is 16.7. The monoisotopic (exact) mass is 644 g/mol. The van der Waals surface area contributed by atoms with Gasteiger partial charge in [-0.15, -0.1) is 0 Å². The van der Waals surface area contributed by atoms with Crippen LogP contribution in [0.3, 0.4) is 0 Å². The molecule has 0 unspecified atom stereocenters. The third kappa shape index (κ3) is 3.54. The first kappa shape index (κ1) is 31.8. The van der Waals surface area contributed by atoms with E-state index in [0.29, 0.717) is 6.42 Å². The fourth-order valence-corrected chi connectivity index (χ4v) is 11.4. The maximum atomic E-state index is 15.3. The Kier molecular flexibility index (Phi) is 6.82. The fraction of sp³-hybridized carbons (Fsp3) is 0.765. The Morgan fingerprint density at radius 3 is 2.26 bits per heavy atom. The first-order chi connectivity index (χ1) is 21.5. The van der Waals surface area contributed by atoms with E-state index in [2.05, 4.69) is 0 Å². The second-order valence-electron chi connectivity index (χ2n) is 15.4. The second-order valence-corrected chi connectivity index (χ2v) is 15.4. The maximum Gasteiger partial charge on any atom is 0.310 e. The summed E-state index contributed by atoms with van der Waals surface area (Å²) in [7, 11) is 0. The SMILES string of the molecule is CC(=O)O[C@@H]1C[C@H](O)[C@@]23CO[C@H](OC(=O)C(C)C)[C@]1(C)[C@@H]2C[C@@H](O)[C@]1(C)[C@@H]3C(=O)[C@H](OC(C)=O)[C@@]2(C)[C@H](c3ccoc3)C[C@H]3O[C@]321. The van der Waals surface area contributed by atoms with E-state index < -0.39 is 99.4 Å². The number of aliphatic hydroxyl groups is 2. The van der Waals surface area contributed by atoms with Crippen molar-refractivity contribution in [3.8, 4) is 0 Å². The Labute approximate surface area is 267 Å². The molecule has 1 aromatic rings. The van der Waals surface area contributed by atoms with Gasteiger partial charge in [-0.2, -0.15) is 0 Å². The summed E-state index contributed by atoms with van der Waals surface area (Å²) < 4.78 is 36.1. The normalized spacial score (nSPS) is 50.0. The number of aliphatic hydroxyl groups excluding tert-OH is 2. The summed E-state index contributed by atoms with van der Waals surface area (Å²) in [6.07, 6.45) is -2.36. The fourth-order valence-electron chi connectivity index (χ4n) is 11.4. The second kappa shape index (κ2) is 9.87. The minimum atomic E-state index is -1.32. The number of carbonyl (C=O) groups excluding carboxylic acids is 4. The van der Waals surface area contributed by atoms with E-state index in [9.17, 15) is 24.6 Å². The van der Waals surface area contributed by atoms with Crippen LogP contribution in [0, 0.1) is 39.4 Å². The van der Waals surface area contributed by atoms with Gasteiger partial charge >= 0.3 is 17.9 Å². The van der Waals surface area contributed by atoms with E-state index in [1.165, 1.54) is 13.8 Å². The molecule has 1 spiro atoms. The lowest BCUT2D eigenvalue weighted by Gasteiger charge is -2.73. The minimum absolute atomic E-state index is 0.0495. The Bertz CT molecular complexity index is 1470. The van der Waals surface area contributed by atoms with E-state index in [0.717, 1.165) is 5.56 Å². The van der Waals surface area contributed by atoms with Crippen LogP contribution in [0.1, 0.15) is 79.2 Å².